The van der Waals surface area contributed by atoms with Gasteiger partial charge in [-0.3, -0.25) is 9.59 Å². The van der Waals surface area contributed by atoms with Gasteiger partial charge in [0.25, 0.3) is 0 Å². The minimum absolute atomic E-state index is 0.144. The molecule has 0 saturated heterocycles. The molecule has 3 heteroatoms. The Morgan fingerprint density at radius 3 is 2.67 bits per heavy atom. The van der Waals surface area contributed by atoms with Crippen molar-refractivity contribution in [2.45, 2.75) is 0 Å². The molecule has 1 aliphatic carbocycles. The maximum Gasteiger partial charge on any atom is 0.173 e. The minimum Gasteiger partial charge on any atom is -0.364 e. The number of hydrogen-bond donors (Lipinski definition) is 1. The quantitative estimate of drug-likeness (QED) is 0.520. The van der Waals surface area contributed by atoms with Gasteiger partial charge >= 0.3 is 0 Å². The Morgan fingerprint density at radius 1 is 1.17 bits per heavy atom. The lowest BCUT2D eigenvalue weighted by Gasteiger charge is -2.20. The number of carbonyl (C=O) groups excluding carboxylic acids is 2. The van der Waals surface area contributed by atoms with E-state index in [4.69, 9.17) is 0 Å². The average Bonchev–Trinajstić information content (AvgIpc) is 2.04. The highest BCUT2D eigenvalue weighted by Crippen LogP contribution is 2.19. The first-order valence-electron chi connectivity index (χ1n) is 3.68. The van der Waals surface area contributed by atoms with Crippen LogP contribution in [0.5, 0.6) is 0 Å². The number of nitrogens with one attached hydrogen (secondary N) is 1. The van der Waals surface area contributed by atoms with Crippen LogP contribution in [0.4, 0.5) is 0 Å². The van der Waals surface area contributed by atoms with Crippen molar-refractivity contribution in [1.29, 1.82) is 0 Å². The number of rotatable bonds is 0. The Bertz CT molecular complexity index is 336. The summed E-state index contributed by atoms with van der Waals surface area (Å²) < 4.78 is 0. The summed E-state index contributed by atoms with van der Waals surface area (Å²) in [5.74, 6) is -0.899. The minimum atomic E-state index is -0.611. The van der Waals surface area contributed by atoms with Gasteiger partial charge in [-0.15, -0.1) is 0 Å². The second kappa shape index (κ2) is 2.44. The lowest BCUT2D eigenvalue weighted by molar-refractivity contribution is -0.126. The predicted molar refractivity (Wildman–Crippen MR) is 43.0 cm³/mol. The summed E-state index contributed by atoms with van der Waals surface area (Å²) >= 11 is 0. The molecule has 1 N–H and O–H groups in total. The van der Waals surface area contributed by atoms with E-state index in [-0.39, 0.29) is 11.6 Å². The summed E-state index contributed by atoms with van der Waals surface area (Å²) in [4.78, 5) is 22.4. The van der Waals surface area contributed by atoms with E-state index < -0.39 is 5.92 Å². The molecule has 2 aliphatic rings. The van der Waals surface area contributed by atoms with E-state index in [1.165, 1.54) is 12.2 Å². The lowest BCUT2D eigenvalue weighted by atomic mass is 9.89. The van der Waals surface area contributed by atoms with Crippen molar-refractivity contribution in [3.63, 3.8) is 0 Å². The Morgan fingerprint density at radius 2 is 1.92 bits per heavy atom. The Balaban J connectivity index is 2.44. The highest BCUT2D eigenvalue weighted by atomic mass is 16.1. The zero-order valence-electron chi connectivity index (χ0n) is 6.28. The monoisotopic (exact) mass is 161 g/mol. The standard InChI is InChI=1S/C9H7NO2/c11-7-3-1-2-6-9(7)8(12)4-5-10-6/h1-5,9-10H. The number of fused-ring (bicyclic) bond motifs is 1. The molecule has 0 bridgehead atoms. The summed E-state index contributed by atoms with van der Waals surface area (Å²) in [7, 11) is 0. The van der Waals surface area contributed by atoms with Crippen LogP contribution in [0, 0.1) is 5.92 Å². The number of hydrogen-bond acceptors (Lipinski definition) is 3. The molecule has 2 rings (SSSR count). The van der Waals surface area contributed by atoms with Crippen molar-refractivity contribution < 1.29 is 9.59 Å². The molecule has 0 spiro atoms. The van der Waals surface area contributed by atoms with E-state index in [0.29, 0.717) is 5.70 Å². The second-order valence-electron chi connectivity index (χ2n) is 2.70. The molecule has 0 amide bonds. The first-order valence-corrected chi connectivity index (χ1v) is 3.68. The molecule has 0 aromatic heterocycles. The van der Waals surface area contributed by atoms with Crippen molar-refractivity contribution in [2.24, 2.45) is 5.92 Å². The van der Waals surface area contributed by atoms with Crippen molar-refractivity contribution in [1.82, 2.24) is 5.32 Å². The molecular formula is C9H7NO2. The molecule has 1 aliphatic heterocycles. The van der Waals surface area contributed by atoms with Gasteiger partial charge in [0.1, 0.15) is 5.92 Å². The molecule has 0 radical (unpaired) electrons. The van der Waals surface area contributed by atoms with Gasteiger partial charge in [-0.2, -0.15) is 0 Å². The molecule has 1 heterocycles. The third kappa shape index (κ3) is 0.906. The molecular weight excluding hydrogens is 154 g/mol. The average molecular weight is 161 g/mol. The maximum atomic E-state index is 11.2. The van der Waals surface area contributed by atoms with Crippen LogP contribution in [-0.4, -0.2) is 11.6 Å². The SMILES string of the molecule is O=C1C=CC=C2NC=CC(=O)C12. The first kappa shape index (κ1) is 7.03. The van der Waals surface area contributed by atoms with Crippen molar-refractivity contribution in [2.75, 3.05) is 0 Å². The van der Waals surface area contributed by atoms with Gasteiger partial charge in [0.2, 0.25) is 0 Å². The van der Waals surface area contributed by atoms with E-state index >= 15 is 0 Å². The normalized spacial score (nSPS) is 26.3. The summed E-state index contributed by atoms with van der Waals surface area (Å²) in [6.45, 7) is 0. The fraction of sp³-hybridized carbons (Fsp3) is 0.111. The topological polar surface area (TPSA) is 46.2 Å². The van der Waals surface area contributed by atoms with Crippen LogP contribution in [0.1, 0.15) is 0 Å². The zero-order valence-corrected chi connectivity index (χ0v) is 6.28. The summed E-state index contributed by atoms with van der Waals surface area (Å²) in [6, 6.07) is 0. The zero-order chi connectivity index (χ0) is 8.55. The van der Waals surface area contributed by atoms with E-state index in [9.17, 15) is 9.59 Å². The molecule has 0 fully saturated rings. The summed E-state index contributed by atoms with van der Waals surface area (Å²) in [5.41, 5.74) is 0.676. The van der Waals surface area contributed by atoms with Crippen LogP contribution in [-0.2, 0) is 9.59 Å². The number of ketones is 2. The molecule has 3 nitrogen and oxygen atoms in total. The molecule has 0 aromatic rings. The van der Waals surface area contributed by atoms with E-state index in [0.717, 1.165) is 0 Å². The molecule has 1 unspecified atom stereocenters. The van der Waals surface area contributed by atoms with Gasteiger partial charge in [-0.1, -0.05) is 6.08 Å². The fourth-order valence-electron chi connectivity index (χ4n) is 1.33. The highest BCUT2D eigenvalue weighted by Gasteiger charge is 2.30. The Hall–Kier alpha value is -1.64. The van der Waals surface area contributed by atoms with Gasteiger partial charge in [-0.25, -0.2) is 0 Å². The lowest BCUT2D eigenvalue weighted by Crippen LogP contribution is -2.33. The van der Waals surface area contributed by atoms with Gasteiger partial charge in [-0.05, 0) is 18.2 Å². The van der Waals surface area contributed by atoms with Crippen molar-refractivity contribution in [3.05, 3.63) is 36.2 Å². The predicted octanol–water partition coefficient (Wildman–Crippen LogP) is 0.311. The van der Waals surface area contributed by atoms with Gasteiger partial charge < -0.3 is 5.32 Å². The molecule has 60 valence electrons. The van der Waals surface area contributed by atoms with Crippen molar-refractivity contribution >= 4 is 11.6 Å². The van der Waals surface area contributed by atoms with Crippen molar-refractivity contribution in [3.8, 4) is 0 Å². The Kier molecular flexibility index (Phi) is 1.43. The van der Waals surface area contributed by atoms with Crippen LogP contribution in [0.3, 0.4) is 0 Å². The van der Waals surface area contributed by atoms with Gasteiger partial charge in [0.15, 0.2) is 11.6 Å². The molecule has 0 aromatic carbocycles. The van der Waals surface area contributed by atoms with E-state index in [1.807, 2.05) is 0 Å². The van der Waals surface area contributed by atoms with E-state index in [1.54, 1.807) is 18.4 Å². The summed E-state index contributed by atoms with van der Waals surface area (Å²) in [6.07, 6.45) is 7.75. The molecule has 0 saturated carbocycles. The molecule has 1 atom stereocenters. The van der Waals surface area contributed by atoms with Crippen LogP contribution in [0.15, 0.2) is 36.2 Å². The van der Waals surface area contributed by atoms with Crippen LogP contribution < -0.4 is 5.32 Å². The fourth-order valence-corrected chi connectivity index (χ4v) is 1.33. The second-order valence-corrected chi connectivity index (χ2v) is 2.70. The third-order valence-corrected chi connectivity index (χ3v) is 1.91. The summed E-state index contributed by atoms with van der Waals surface area (Å²) in [5, 5.41) is 2.87. The van der Waals surface area contributed by atoms with Crippen LogP contribution in [0.25, 0.3) is 0 Å². The maximum absolute atomic E-state index is 11.2. The largest absolute Gasteiger partial charge is 0.364 e. The van der Waals surface area contributed by atoms with Crippen LogP contribution >= 0.6 is 0 Å². The van der Waals surface area contributed by atoms with E-state index in [2.05, 4.69) is 5.32 Å². The number of carbonyl (C=O) groups is 2. The Labute approximate surface area is 69.5 Å². The first-order chi connectivity index (χ1) is 5.79. The molecule has 12 heavy (non-hydrogen) atoms. The number of allylic oxidation sites excluding steroid dienone is 5. The highest BCUT2D eigenvalue weighted by molar-refractivity contribution is 6.15. The van der Waals surface area contributed by atoms with Gasteiger partial charge in [0, 0.05) is 11.9 Å². The smallest absolute Gasteiger partial charge is 0.173 e. The van der Waals surface area contributed by atoms with Gasteiger partial charge in [0.05, 0.1) is 0 Å². The third-order valence-electron chi connectivity index (χ3n) is 1.91. The van der Waals surface area contributed by atoms with Crippen LogP contribution in [0.2, 0.25) is 0 Å².